The Morgan fingerprint density at radius 1 is 1.45 bits per heavy atom. The molecule has 0 aliphatic carbocycles. The second kappa shape index (κ2) is 7.50. The van der Waals surface area contributed by atoms with Crippen LogP contribution in [-0.4, -0.2) is 25.7 Å². The zero-order valence-corrected chi connectivity index (χ0v) is 12.4. The van der Waals surface area contributed by atoms with Gasteiger partial charge in [-0.15, -0.1) is 11.6 Å². The summed E-state index contributed by atoms with van der Waals surface area (Å²) < 4.78 is 10.8. The minimum absolute atomic E-state index is 0.0368. The van der Waals surface area contributed by atoms with Gasteiger partial charge >= 0.3 is 0 Å². The van der Waals surface area contributed by atoms with Gasteiger partial charge in [0.15, 0.2) is 0 Å². The molecule has 1 aromatic carbocycles. The van der Waals surface area contributed by atoms with Gasteiger partial charge in [0, 0.05) is 30.4 Å². The fraction of sp³-hybridized carbons (Fsp3) is 0.533. The van der Waals surface area contributed by atoms with E-state index in [2.05, 4.69) is 5.32 Å². The first-order valence-electron chi connectivity index (χ1n) is 6.95. The minimum Gasteiger partial charge on any atom is -0.494 e. The van der Waals surface area contributed by atoms with Crippen LogP contribution >= 0.6 is 11.6 Å². The van der Waals surface area contributed by atoms with E-state index in [0.29, 0.717) is 25.7 Å². The average molecular weight is 298 g/mol. The third-order valence-corrected chi connectivity index (χ3v) is 3.65. The highest BCUT2D eigenvalue weighted by Gasteiger charge is 2.21. The van der Waals surface area contributed by atoms with Crippen molar-refractivity contribution in [2.45, 2.75) is 25.6 Å². The highest BCUT2D eigenvalue weighted by molar-refractivity contribution is 6.17. The van der Waals surface area contributed by atoms with Crippen molar-refractivity contribution < 1.29 is 14.3 Å². The van der Waals surface area contributed by atoms with E-state index in [4.69, 9.17) is 21.1 Å². The lowest BCUT2D eigenvalue weighted by Crippen LogP contribution is -2.28. The summed E-state index contributed by atoms with van der Waals surface area (Å²) in [5.41, 5.74) is 1.65. The molecule has 5 heteroatoms. The number of benzene rings is 1. The molecule has 1 aliphatic heterocycles. The van der Waals surface area contributed by atoms with E-state index in [-0.39, 0.29) is 11.8 Å². The summed E-state index contributed by atoms with van der Waals surface area (Å²) >= 11 is 5.92. The third kappa shape index (κ3) is 3.87. The quantitative estimate of drug-likeness (QED) is 0.849. The van der Waals surface area contributed by atoms with Gasteiger partial charge < -0.3 is 14.8 Å². The van der Waals surface area contributed by atoms with Gasteiger partial charge in [-0.3, -0.25) is 4.79 Å². The van der Waals surface area contributed by atoms with Crippen LogP contribution in [0.25, 0.3) is 0 Å². The van der Waals surface area contributed by atoms with E-state index in [1.165, 1.54) is 0 Å². The third-order valence-electron chi connectivity index (χ3n) is 3.36. The van der Waals surface area contributed by atoms with Crippen LogP contribution in [0.4, 0.5) is 5.69 Å². The Morgan fingerprint density at radius 2 is 2.20 bits per heavy atom. The SMILES string of the molecule is CCOc1ccc(NC(=O)C2CCOCC2)cc1CCl. The van der Waals surface area contributed by atoms with E-state index >= 15 is 0 Å². The summed E-state index contributed by atoms with van der Waals surface area (Å²) in [7, 11) is 0. The lowest BCUT2D eigenvalue weighted by Gasteiger charge is -2.21. The van der Waals surface area contributed by atoms with E-state index in [9.17, 15) is 4.79 Å². The molecule has 1 amide bonds. The number of carbonyl (C=O) groups excluding carboxylic acids is 1. The maximum atomic E-state index is 12.1. The number of alkyl halides is 1. The molecular weight excluding hydrogens is 278 g/mol. The minimum atomic E-state index is 0.0368. The highest BCUT2D eigenvalue weighted by atomic mass is 35.5. The van der Waals surface area contributed by atoms with Gasteiger partial charge in [-0.2, -0.15) is 0 Å². The van der Waals surface area contributed by atoms with Crippen LogP contribution in [0.2, 0.25) is 0 Å². The summed E-state index contributed by atoms with van der Waals surface area (Å²) in [6.07, 6.45) is 1.57. The number of nitrogens with one attached hydrogen (secondary N) is 1. The molecule has 110 valence electrons. The Kier molecular flexibility index (Phi) is 5.68. The zero-order valence-electron chi connectivity index (χ0n) is 11.7. The Balaban J connectivity index is 2.03. The van der Waals surface area contributed by atoms with Crippen molar-refractivity contribution >= 4 is 23.2 Å². The number of anilines is 1. The molecule has 0 atom stereocenters. The number of amides is 1. The van der Waals surface area contributed by atoms with Gasteiger partial charge in [0.2, 0.25) is 5.91 Å². The van der Waals surface area contributed by atoms with Crippen molar-refractivity contribution in [1.82, 2.24) is 0 Å². The molecule has 0 saturated carbocycles. The second-order valence-corrected chi connectivity index (χ2v) is 5.03. The molecule has 1 heterocycles. The maximum Gasteiger partial charge on any atom is 0.227 e. The van der Waals surface area contributed by atoms with E-state index < -0.39 is 0 Å². The van der Waals surface area contributed by atoms with Gasteiger partial charge in [0.25, 0.3) is 0 Å². The van der Waals surface area contributed by atoms with Crippen molar-refractivity contribution in [2.24, 2.45) is 5.92 Å². The Labute approximate surface area is 124 Å². The molecule has 0 bridgehead atoms. The van der Waals surface area contributed by atoms with Crippen LogP contribution < -0.4 is 10.1 Å². The fourth-order valence-electron chi connectivity index (χ4n) is 2.26. The van der Waals surface area contributed by atoms with Crippen LogP contribution in [0.1, 0.15) is 25.3 Å². The normalized spacial score (nSPS) is 15.9. The summed E-state index contributed by atoms with van der Waals surface area (Å²) in [6.45, 7) is 3.85. The van der Waals surface area contributed by atoms with Gasteiger partial charge in [-0.1, -0.05) is 0 Å². The first kappa shape index (κ1) is 15.1. The summed E-state index contributed by atoms with van der Waals surface area (Å²) in [5.74, 6) is 1.22. The van der Waals surface area contributed by atoms with E-state index in [1.807, 2.05) is 25.1 Å². The lowest BCUT2D eigenvalue weighted by atomic mass is 9.99. The number of carbonyl (C=O) groups is 1. The molecule has 0 unspecified atom stereocenters. The smallest absolute Gasteiger partial charge is 0.227 e. The molecular formula is C15H20ClNO3. The number of ether oxygens (including phenoxy) is 2. The van der Waals surface area contributed by atoms with Gasteiger partial charge in [-0.25, -0.2) is 0 Å². The largest absolute Gasteiger partial charge is 0.494 e. The molecule has 20 heavy (non-hydrogen) atoms. The average Bonchev–Trinajstić information content (AvgIpc) is 2.50. The number of hydrogen-bond acceptors (Lipinski definition) is 3. The molecule has 1 aliphatic rings. The van der Waals surface area contributed by atoms with Crippen molar-refractivity contribution in [2.75, 3.05) is 25.1 Å². The Bertz CT molecular complexity index is 458. The van der Waals surface area contributed by atoms with Crippen LogP contribution in [0.15, 0.2) is 18.2 Å². The van der Waals surface area contributed by atoms with Crippen molar-refractivity contribution in [1.29, 1.82) is 0 Å². The fourth-order valence-corrected chi connectivity index (χ4v) is 2.47. The van der Waals surface area contributed by atoms with Crippen LogP contribution in [0, 0.1) is 5.92 Å². The summed E-state index contributed by atoms with van der Waals surface area (Å²) in [5, 5.41) is 2.95. The van der Waals surface area contributed by atoms with Crippen molar-refractivity contribution in [3.8, 4) is 5.75 Å². The predicted molar refractivity (Wildman–Crippen MR) is 79.3 cm³/mol. The molecule has 4 nitrogen and oxygen atoms in total. The van der Waals surface area contributed by atoms with E-state index in [1.54, 1.807) is 0 Å². The van der Waals surface area contributed by atoms with Crippen molar-refractivity contribution in [3.63, 3.8) is 0 Å². The predicted octanol–water partition coefficient (Wildman–Crippen LogP) is 3.19. The van der Waals surface area contributed by atoms with Crippen LogP contribution in [0.3, 0.4) is 0 Å². The van der Waals surface area contributed by atoms with Gasteiger partial charge in [0.05, 0.1) is 12.5 Å². The molecule has 1 aromatic rings. The standard InChI is InChI=1S/C15H20ClNO3/c1-2-20-14-4-3-13(9-12(14)10-16)17-15(18)11-5-7-19-8-6-11/h3-4,9,11H,2,5-8,10H2,1H3,(H,17,18). The molecule has 1 fully saturated rings. The van der Waals surface area contributed by atoms with Gasteiger partial charge in [-0.05, 0) is 38.0 Å². The zero-order chi connectivity index (χ0) is 14.4. The Hall–Kier alpha value is -1.26. The lowest BCUT2D eigenvalue weighted by molar-refractivity contribution is -0.122. The second-order valence-electron chi connectivity index (χ2n) is 4.77. The van der Waals surface area contributed by atoms with Crippen LogP contribution in [-0.2, 0) is 15.4 Å². The first-order chi connectivity index (χ1) is 9.74. The number of hydrogen-bond donors (Lipinski definition) is 1. The molecule has 0 aromatic heterocycles. The summed E-state index contributed by atoms with van der Waals surface area (Å²) in [6, 6.07) is 5.56. The van der Waals surface area contributed by atoms with Crippen molar-refractivity contribution in [3.05, 3.63) is 23.8 Å². The molecule has 0 radical (unpaired) electrons. The number of halogens is 1. The highest BCUT2D eigenvalue weighted by Crippen LogP contribution is 2.25. The monoisotopic (exact) mass is 297 g/mol. The Morgan fingerprint density at radius 3 is 2.85 bits per heavy atom. The molecule has 2 rings (SSSR count). The topological polar surface area (TPSA) is 47.6 Å². The molecule has 0 spiro atoms. The van der Waals surface area contributed by atoms with Gasteiger partial charge in [0.1, 0.15) is 5.75 Å². The maximum absolute atomic E-state index is 12.1. The summed E-state index contributed by atoms with van der Waals surface area (Å²) in [4.78, 5) is 12.1. The van der Waals surface area contributed by atoms with Crippen LogP contribution in [0.5, 0.6) is 5.75 Å². The molecule has 1 N–H and O–H groups in total. The molecule has 1 saturated heterocycles. The first-order valence-corrected chi connectivity index (χ1v) is 7.48. The number of rotatable bonds is 5. The van der Waals surface area contributed by atoms with E-state index in [0.717, 1.165) is 29.8 Å².